The molecule has 2 aromatic rings. The summed E-state index contributed by atoms with van der Waals surface area (Å²) in [5.41, 5.74) is 6.28. The van der Waals surface area contributed by atoms with Crippen LogP contribution in [0.5, 0.6) is 5.75 Å². The Morgan fingerprint density at radius 3 is 2.62 bits per heavy atom. The van der Waals surface area contributed by atoms with Gasteiger partial charge in [0.15, 0.2) is 11.2 Å². The Balaban J connectivity index is 2.02. The Kier molecular flexibility index (Phi) is 5.23. The third-order valence-corrected chi connectivity index (χ3v) is 4.29. The number of amides is 2. The molecular weight excluding hydrogens is 326 g/mol. The Bertz CT molecular complexity index is 750. The second kappa shape index (κ2) is 7.00. The van der Waals surface area contributed by atoms with Gasteiger partial charge in [-0.05, 0) is 30.0 Å². The summed E-state index contributed by atoms with van der Waals surface area (Å²) in [4.78, 5) is 27.5. The van der Waals surface area contributed by atoms with Gasteiger partial charge in [0.25, 0.3) is 11.8 Å². The molecule has 0 aliphatic heterocycles. The molecule has 0 fully saturated rings. The van der Waals surface area contributed by atoms with Crippen molar-refractivity contribution < 1.29 is 14.3 Å². The average Bonchev–Trinajstić information content (AvgIpc) is 2.95. The van der Waals surface area contributed by atoms with Gasteiger partial charge in [-0.25, -0.2) is 4.98 Å². The van der Waals surface area contributed by atoms with Crippen LogP contribution in [0.15, 0.2) is 30.5 Å². The SMILES string of the molecule is CC(Oc1cccc(C(C)(C)C)c1)C(=O)Nc1ncc(C(N)=O)s1. The van der Waals surface area contributed by atoms with Gasteiger partial charge in [0.2, 0.25) is 0 Å². The number of carbonyl (C=O) groups is 2. The van der Waals surface area contributed by atoms with Gasteiger partial charge in [-0.1, -0.05) is 44.2 Å². The highest BCUT2D eigenvalue weighted by atomic mass is 32.1. The van der Waals surface area contributed by atoms with Gasteiger partial charge in [0, 0.05) is 0 Å². The summed E-state index contributed by atoms with van der Waals surface area (Å²) in [6.45, 7) is 7.99. The third-order valence-electron chi connectivity index (χ3n) is 3.36. The lowest BCUT2D eigenvalue weighted by Crippen LogP contribution is -2.30. The summed E-state index contributed by atoms with van der Waals surface area (Å²) in [5.74, 6) is -0.292. The van der Waals surface area contributed by atoms with Gasteiger partial charge >= 0.3 is 0 Å². The maximum absolute atomic E-state index is 12.2. The van der Waals surface area contributed by atoms with Gasteiger partial charge in [-0.2, -0.15) is 0 Å². The number of carbonyl (C=O) groups excluding carboxylic acids is 2. The zero-order valence-electron chi connectivity index (χ0n) is 14.1. The number of primary amides is 1. The first-order chi connectivity index (χ1) is 11.2. The molecular formula is C17H21N3O3S. The van der Waals surface area contributed by atoms with Gasteiger partial charge in [-0.3, -0.25) is 14.9 Å². The number of hydrogen-bond acceptors (Lipinski definition) is 5. The van der Waals surface area contributed by atoms with Crippen LogP contribution in [0, 0.1) is 0 Å². The number of rotatable bonds is 5. The number of ether oxygens (including phenoxy) is 1. The first kappa shape index (κ1) is 17.9. The fourth-order valence-electron chi connectivity index (χ4n) is 1.95. The lowest BCUT2D eigenvalue weighted by Gasteiger charge is -2.21. The van der Waals surface area contributed by atoms with Crippen molar-refractivity contribution in [3.8, 4) is 5.75 Å². The van der Waals surface area contributed by atoms with Crippen LogP contribution in [0.3, 0.4) is 0 Å². The smallest absolute Gasteiger partial charge is 0.266 e. The molecule has 3 N–H and O–H groups in total. The van der Waals surface area contributed by atoms with E-state index in [1.54, 1.807) is 6.92 Å². The van der Waals surface area contributed by atoms with Crippen LogP contribution < -0.4 is 15.8 Å². The highest BCUT2D eigenvalue weighted by Crippen LogP contribution is 2.26. The van der Waals surface area contributed by atoms with Crippen LogP contribution in [-0.4, -0.2) is 22.9 Å². The van der Waals surface area contributed by atoms with Crippen LogP contribution in [0.25, 0.3) is 0 Å². The predicted octanol–water partition coefficient (Wildman–Crippen LogP) is 2.95. The number of nitrogens with zero attached hydrogens (tertiary/aromatic N) is 1. The fourth-order valence-corrected chi connectivity index (χ4v) is 2.62. The summed E-state index contributed by atoms with van der Waals surface area (Å²) >= 11 is 1.03. The van der Waals surface area contributed by atoms with Crippen molar-refractivity contribution in [1.29, 1.82) is 0 Å². The van der Waals surface area contributed by atoms with Crippen molar-refractivity contribution in [3.63, 3.8) is 0 Å². The monoisotopic (exact) mass is 347 g/mol. The lowest BCUT2D eigenvalue weighted by molar-refractivity contribution is -0.122. The van der Waals surface area contributed by atoms with Crippen molar-refractivity contribution >= 4 is 28.3 Å². The molecule has 1 heterocycles. The Morgan fingerprint density at radius 1 is 1.33 bits per heavy atom. The van der Waals surface area contributed by atoms with Crippen molar-refractivity contribution in [3.05, 3.63) is 40.9 Å². The van der Waals surface area contributed by atoms with E-state index in [0.717, 1.165) is 16.9 Å². The minimum absolute atomic E-state index is 0.00306. The van der Waals surface area contributed by atoms with E-state index in [1.807, 2.05) is 24.3 Å². The van der Waals surface area contributed by atoms with Crippen LogP contribution >= 0.6 is 11.3 Å². The maximum atomic E-state index is 12.2. The van der Waals surface area contributed by atoms with Gasteiger partial charge in [0.05, 0.1) is 6.20 Å². The van der Waals surface area contributed by atoms with Crippen molar-refractivity contribution in [2.75, 3.05) is 5.32 Å². The molecule has 1 unspecified atom stereocenters. The first-order valence-corrected chi connectivity index (χ1v) is 8.32. The van der Waals surface area contributed by atoms with Crippen LogP contribution in [0.1, 0.15) is 42.9 Å². The average molecular weight is 347 g/mol. The van der Waals surface area contributed by atoms with E-state index in [0.29, 0.717) is 10.9 Å². The van der Waals surface area contributed by atoms with E-state index in [2.05, 4.69) is 31.1 Å². The van der Waals surface area contributed by atoms with E-state index >= 15 is 0 Å². The second-order valence-corrected chi connectivity index (χ2v) is 7.45. The molecule has 2 amide bonds. The predicted molar refractivity (Wildman–Crippen MR) is 94.5 cm³/mol. The molecule has 2 rings (SSSR count). The van der Waals surface area contributed by atoms with Crippen LogP contribution in [0.4, 0.5) is 5.13 Å². The largest absolute Gasteiger partial charge is 0.481 e. The van der Waals surface area contributed by atoms with E-state index in [-0.39, 0.29) is 16.2 Å². The van der Waals surface area contributed by atoms with Gasteiger partial charge in [0.1, 0.15) is 10.6 Å². The highest BCUT2D eigenvalue weighted by molar-refractivity contribution is 7.17. The molecule has 0 saturated heterocycles. The molecule has 1 aromatic heterocycles. The number of anilines is 1. The Hall–Kier alpha value is -2.41. The molecule has 1 atom stereocenters. The second-order valence-electron chi connectivity index (χ2n) is 6.42. The molecule has 0 spiro atoms. The molecule has 0 aliphatic rings. The number of nitrogens with one attached hydrogen (secondary N) is 1. The molecule has 0 saturated carbocycles. The Labute approximate surface area is 145 Å². The molecule has 0 aliphatic carbocycles. The zero-order chi connectivity index (χ0) is 17.9. The number of aromatic nitrogens is 1. The molecule has 0 bridgehead atoms. The third kappa shape index (κ3) is 4.55. The van der Waals surface area contributed by atoms with Crippen molar-refractivity contribution in [2.45, 2.75) is 39.2 Å². The van der Waals surface area contributed by atoms with Gasteiger partial charge in [-0.15, -0.1) is 0 Å². The standard InChI is InChI=1S/C17H21N3O3S/c1-10(15(22)20-16-19-9-13(24-16)14(18)21)23-12-7-5-6-11(8-12)17(2,3)4/h5-10H,1-4H3,(H2,18,21)(H,19,20,22). The van der Waals surface area contributed by atoms with Crippen molar-refractivity contribution in [2.24, 2.45) is 5.73 Å². The highest BCUT2D eigenvalue weighted by Gasteiger charge is 2.19. The molecule has 128 valence electrons. The fraction of sp³-hybridized carbons (Fsp3) is 0.353. The number of thiazole rings is 1. The minimum atomic E-state index is -0.707. The number of nitrogens with two attached hydrogens (primary N) is 1. The Morgan fingerprint density at radius 2 is 2.04 bits per heavy atom. The number of hydrogen-bond donors (Lipinski definition) is 2. The van der Waals surface area contributed by atoms with E-state index in [1.165, 1.54) is 6.20 Å². The zero-order valence-corrected chi connectivity index (χ0v) is 14.9. The van der Waals surface area contributed by atoms with E-state index in [9.17, 15) is 9.59 Å². The molecule has 1 aromatic carbocycles. The maximum Gasteiger partial charge on any atom is 0.266 e. The minimum Gasteiger partial charge on any atom is -0.481 e. The van der Waals surface area contributed by atoms with Crippen LogP contribution in [0.2, 0.25) is 0 Å². The first-order valence-electron chi connectivity index (χ1n) is 7.50. The summed E-state index contributed by atoms with van der Waals surface area (Å²) in [7, 11) is 0. The number of benzene rings is 1. The molecule has 7 heteroatoms. The summed E-state index contributed by atoms with van der Waals surface area (Å²) in [5, 5.41) is 2.93. The van der Waals surface area contributed by atoms with E-state index in [4.69, 9.17) is 10.5 Å². The topological polar surface area (TPSA) is 94.3 Å². The molecule has 6 nitrogen and oxygen atoms in total. The normalized spacial score (nSPS) is 12.5. The lowest BCUT2D eigenvalue weighted by atomic mass is 9.87. The summed E-state index contributed by atoms with van der Waals surface area (Å²) < 4.78 is 5.71. The quantitative estimate of drug-likeness (QED) is 0.869. The summed E-state index contributed by atoms with van der Waals surface area (Å²) in [6, 6.07) is 7.67. The summed E-state index contributed by atoms with van der Waals surface area (Å²) in [6.07, 6.45) is 0.627. The van der Waals surface area contributed by atoms with Crippen LogP contribution in [-0.2, 0) is 10.2 Å². The molecule has 24 heavy (non-hydrogen) atoms. The van der Waals surface area contributed by atoms with Gasteiger partial charge < -0.3 is 10.5 Å². The van der Waals surface area contributed by atoms with E-state index < -0.39 is 12.0 Å². The van der Waals surface area contributed by atoms with Crippen molar-refractivity contribution in [1.82, 2.24) is 4.98 Å². The molecule has 0 radical (unpaired) electrons.